The van der Waals surface area contributed by atoms with Gasteiger partial charge in [-0.05, 0) is 11.1 Å². The highest BCUT2D eigenvalue weighted by atomic mass is 19.1. The highest BCUT2D eigenvalue weighted by molar-refractivity contribution is 6.03. The van der Waals surface area contributed by atoms with Crippen LogP contribution in [0, 0.1) is 11.6 Å². The Morgan fingerprint density at radius 2 is 1.94 bits per heavy atom. The largest absolute Gasteiger partial charge is 0.493 e. The molecule has 0 saturated carbocycles. The number of oxazole rings is 1. The summed E-state index contributed by atoms with van der Waals surface area (Å²) in [6.07, 6.45) is 5.99. The van der Waals surface area contributed by atoms with Crippen molar-refractivity contribution in [1.29, 1.82) is 0 Å². The molecule has 4 heterocycles. The SMILES string of the molecule is COc1cc(OC)c(F)c(N2Cc3cnc4[nH]ncc4c3C(Cc3cocn3)C2=O)c1F. The van der Waals surface area contributed by atoms with E-state index in [9.17, 15) is 4.79 Å². The molecule has 1 N–H and O–H groups in total. The molecule has 11 heteroatoms. The van der Waals surface area contributed by atoms with Crippen molar-refractivity contribution in [3.05, 3.63) is 59.6 Å². The molecule has 0 fully saturated rings. The highest BCUT2D eigenvalue weighted by Crippen LogP contribution is 2.43. The quantitative estimate of drug-likeness (QED) is 0.507. The minimum atomic E-state index is -1.000. The predicted octanol–water partition coefficient (Wildman–Crippen LogP) is 3.11. The van der Waals surface area contributed by atoms with Gasteiger partial charge in [0.15, 0.2) is 35.2 Å². The average molecular weight is 441 g/mol. The summed E-state index contributed by atoms with van der Waals surface area (Å²) in [6, 6.07) is 1.10. The van der Waals surface area contributed by atoms with Gasteiger partial charge >= 0.3 is 0 Å². The molecular weight excluding hydrogens is 424 g/mol. The first kappa shape index (κ1) is 19.9. The summed E-state index contributed by atoms with van der Waals surface area (Å²) >= 11 is 0. The molecule has 5 rings (SSSR count). The van der Waals surface area contributed by atoms with Crippen molar-refractivity contribution < 1.29 is 27.5 Å². The van der Waals surface area contributed by atoms with Crippen molar-refractivity contribution >= 4 is 22.6 Å². The minimum Gasteiger partial charge on any atom is -0.493 e. The van der Waals surface area contributed by atoms with E-state index >= 15 is 8.78 Å². The summed E-state index contributed by atoms with van der Waals surface area (Å²) in [5, 5.41) is 7.46. The Morgan fingerprint density at radius 3 is 2.59 bits per heavy atom. The third-order valence-electron chi connectivity index (χ3n) is 5.56. The van der Waals surface area contributed by atoms with Crippen LogP contribution in [0.15, 0.2) is 35.5 Å². The lowest BCUT2D eigenvalue weighted by atomic mass is 9.85. The Hall–Kier alpha value is -4.02. The number of hydrogen-bond acceptors (Lipinski definition) is 7. The monoisotopic (exact) mass is 441 g/mol. The van der Waals surface area contributed by atoms with E-state index in [0.717, 1.165) is 11.0 Å². The third-order valence-corrected chi connectivity index (χ3v) is 5.56. The normalized spacial score (nSPS) is 15.8. The van der Waals surface area contributed by atoms with Crippen molar-refractivity contribution in [2.45, 2.75) is 18.9 Å². The predicted molar refractivity (Wildman–Crippen MR) is 107 cm³/mol. The van der Waals surface area contributed by atoms with E-state index in [0.29, 0.717) is 27.9 Å². The molecule has 1 atom stereocenters. The Bertz CT molecular complexity index is 1290. The van der Waals surface area contributed by atoms with Crippen LogP contribution in [0.1, 0.15) is 22.7 Å². The second-order valence-corrected chi connectivity index (χ2v) is 7.25. The van der Waals surface area contributed by atoms with E-state index in [-0.39, 0.29) is 24.5 Å². The lowest BCUT2D eigenvalue weighted by molar-refractivity contribution is -0.120. The fourth-order valence-electron chi connectivity index (χ4n) is 4.09. The molecule has 1 aliphatic heterocycles. The maximum absolute atomic E-state index is 15.2. The molecule has 0 radical (unpaired) electrons. The molecule has 164 valence electrons. The Balaban J connectivity index is 1.71. The number of ether oxygens (including phenoxy) is 2. The fraction of sp³-hybridized carbons (Fsp3) is 0.238. The van der Waals surface area contributed by atoms with Crippen molar-refractivity contribution in [2.24, 2.45) is 0 Å². The van der Waals surface area contributed by atoms with Gasteiger partial charge in [-0.2, -0.15) is 5.10 Å². The van der Waals surface area contributed by atoms with Crippen LogP contribution in [0.4, 0.5) is 14.5 Å². The lowest BCUT2D eigenvalue weighted by Gasteiger charge is -2.34. The van der Waals surface area contributed by atoms with E-state index in [1.165, 1.54) is 26.9 Å². The summed E-state index contributed by atoms with van der Waals surface area (Å²) < 4.78 is 45.5. The number of hydrogen-bond donors (Lipinski definition) is 1. The van der Waals surface area contributed by atoms with Gasteiger partial charge in [-0.3, -0.25) is 9.89 Å². The second kappa shape index (κ2) is 7.59. The Morgan fingerprint density at radius 1 is 1.19 bits per heavy atom. The van der Waals surface area contributed by atoms with Crippen molar-refractivity contribution in [1.82, 2.24) is 20.2 Å². The van der Waals surface area contributed by atoms with Gasteiger partial charge in [0.1, 0.15) is 12.0 Å². The van der Waals surface area contributed by atoms with Crippen LogP contribution < -0.4 is 14.4 Å². The lowest BCUT2D eigenvalue weighted by Crippen LogP contribution is -2.41. The first-order valence-electron chi connectivity index (χ1n) is 9.62. The van der Waals surface area contributed by atoms with Crippen LogP contribution in [0.3, 0.4) is 0 Å². The smallest absolute Gasteiger partial charge is 0.235 e. The van der Waals surface area contributed by atoms with Gasteiger partial charge in [-0.15, -0.1) is 0 Å². The first-order valence-corrected chi connectivity index (χ1v) is 9.62. The first-order chi connectivity index (χ1) is 15.5. The Kier molecular flexibility index (Phi) is 4.72. The van der Waals surface area contributed by atoms with Crippen molar-refractivity contribution in [3.63, 3.8) is 0 Å². The molecule has 0 saturated heterocycles. The van der Waals surface area contributed by atoms with Crippen LogP contribution in [0.5, 0.6) is 11.5 Å². The Labute approximate surface area is 180 Å². The third kappa shape index (κ3) is 2.96. The number of nitrogens with one attached hydrogen (secondary N) is 1. The standard InChI is InChI=1S/C21H17F2N5O4/c1-30-14-4-15(31-2)18(23)19(17(14)22)28-7-10-5-24-20-13(6-26-27-20)16(10)12(21(28)29)3-11-8-32-9-25-11/h4-6,8-9,12H,3,7H2,1-2H3,(H,24,26,27). The molecule has 1 unspecified atom stereocenters. The average Bonchev–Trinajstić information content (AvgIpc) is 3.48. The molecule has 1 aromatic carbocycles. The number of halogens is 2. The molecule has 9 nitrogen and oxygen atoms in total. The van der Waals surface area contributed by atoms with Crippen LogP contribution in [0.2, 0.25) is 0 Å². The van der Waals surface area contributed by atoms with Gasteiger partial charge in [-0.25, -0.2) is 18.7 Å². The molecule has 0 aliphatic carbocycles. The number of carbonyl (C=O) groups excluding carboxylic acids is 1. The van der Waals surface area contributed by atoms with E-state index in [1.807, 2.05) is 0 Å². The molecule has 1 aliphatic rings. The molecule has 0 spiro atoms. The summed E-state index contributed by atoms with van der Waals surface area (Å²) in [5.74, 6) is -3.80. The molecule has 0 bridgehead atoms. The summed E-state index contributed by atoms with van der Waals surface area (Å²) in [7, 11) is 2.50. The van der Waals surface area contributed by atoms with Crippen LogP contribution >= 0.6 is 0 Å². The maximum atomic E-state index is 15.2. The van der Waals surface area contributed by atoms with Gasteiger partial charge in [0.2, 0.25) is 5.91 Å². The van der Waals surface area contributed by atoms with Gasteiger partial charge < -0.3 is 18.8 Å². The number of methoxy groups -OCH3 is 2. The number of nitrogens with zero attached hydrogens (tertiary/aromatic N) is 4. The number of rotatable bonds is 5. The number of aromatic amines is 1. The van der Waals surface area contributed by atoms with Gasteiger partial charge in [-0.1, -0.05) is 0 Å². The number of pyridine rings is 1. The maximum Gasteiger partial charge on any atom is 0.235 e. The molecule has 4 aromatic rings. The van der Waals surface area contributed by atoms with Gasteiger partial charge in [0, 0.05) is 24.1 Å². The summed E-state index contributed by atoms with van der Waals surface area (Å²) in [5.41, 5.74) is 1.80. The number of amides is 1. The van der Waals surface area contributed by atoms with E-state index < -0.39 is 29.1 Å². The number of benzene rings is 1. The number of H-pyrrole nitrogens is 1. The van der Waals surface area contributed by atoms with E-state index in [2.05, 4.69) is 20.2 Å². The number of fused-ring (bicyclic) bond motifs is 3. The summed E-state index contributed by atoms with van der Waals surface area (Å²) in [4.78, 5) is 23.2. The fourth-order valence-corrected chi connectivity index (χ4v) is 4.09. The van der Waals surface area contributed by atoms with Gasteiger partial charge in [0.25, 0.3) is 0 Å². The zero-order valence-corrected chi connectivity index (χ0v) is 17.1. The highest BCUT2D eigenvalue weighted by Gasteiger charge is 2.39. The van der Waals surface area contributed by atoms with Crippen LogP contribution in [0.25, 0.3) is 11.0 Å². The van der Waals surface area contributed by atoms with Crippen LogP contribution in [-0.4, -0.2) is 40.3 Å². The number of anilines is 1. The number of carbonyl (C=O) groups is 1. The zero-order chi connectivity index (χ0) is 22.4. The zero-order valence-electron chi connectivity index (χ0n) is 17.1. The molecule has 3 aromatic heterocycles. The second-order valence-electron chi connectivity index (χ2n) is 7.25. The van der Waals surface area contributed by atoms with E-state index in [4.69, 9.17) is 13.9 Å². The molecular formula is C21H17F2N5O4. The van der Waals surface area contributed by atoms with Gasteiger partial charge in [0.05, 0.1) is 38.6 Å². The molecule has 32 heavy (non-hydrogen) atoms. The summed E-state index contributed by atoms with van der Waals surface area (Å²) in [6.45, 7) is -0.0955. The topological polar surface area (TPSA) is 106 Å². The minimum absolute atomic E-state index is 0.0955. The van der Waals surface area contributed by atoms with E-state index in [1.54, 1.807) is 12.4 Å². The number of aromatic nitrogens is 4. The van der Waals surface area contributed by atoms with Crippen LogP contribution in [-0.2, 0) is 17.8 Å². The van der Waals surface area contributed by atoms with Crippen molar-refractivity contribution in [2.75, 3.05) is 19.1 Å². The molecule has 1 amide bonds. The van der Waals surface area contributed by atoms with Crippen molar-refractivity contribution in [3.8, 4) is 11.5 Å².